The van der Waals surface area contributed by atoms with Gasteiger partial charge in [-0.1, -0.05) is 0 Å². The number of hydrogen-bond acceptors (Lipinski definition) is 6. The van der Waals surface area contributed by atoms with Crippen molar-refractivity contribution in [3.63, 3.8) is 0 Å². The van der Waals surface area contributed by atoms with Crippen LogP contribution in [-0.2, 0) is 0 Å². The normalized spacial score (nSPS) is 11.9. The number of nitrogens with one attached hydrogen (secondary N) is 1. The van der Waals surface area contributed by atoms with E-state index in [-0.39, 0.29) is 11.4 Å². The minimum Gasteiger partial charge on any atom is -0.397 e. The maximum atomic E-state index is 10.9. The molecule has 0 spiro atoms. The van der Waals surface area contributed by atoms with Gasteiger partial charge in [0.15, 0.2) is 17.2 Å². The third kappa shape index (κ3) is 2.82. The van der Waals surface area contributed by atoms with Crippen LogP contribution in [0.15, 0.2) is 22.6 Å². The van der Waals surface area contributed by atoms with Crippen molar-refractivity contribution < 1.29 is 9.34 Å². The summed E-state index contributed by atoms with van der Waals surface area (Å²) in [6.45, 7) is 9.90. The lowest BCUT2D eigenvalue weighted by Crippen LogP contribution is -2.34. The van der Waals surface area contributed by atoms with Crippen LogP contribution in [0, 0.1) is 24.0 Å². The molecule has 24 heavy (non-hydrogen) atoms. The van der Waals surface area contributed by atoms with Gasteiger partial charge in [0.2, 0.25) is 0 Å². The van der Waals surface area contributed by atoms with Crippen LogP contribution in [-0.4, -0.2) is 25.1 Å². The minimum absolute atomic E-state index is 0.264. The largest absolute Gasteiger partial charge is 0.433 e. The number of hydrogen-bond donors (Lipinski definition) is 1. The molecular formula is C16H19N5O3. The van der Waals surface area contributed by atoms with Crippen LogP contribution in [0.4, 0.5) is 5.88 Å². The Labute approximate surface area is 138 Å². The van der Waals surface area contributed by atoms with Crippen molar-refractivity contribution in [3.05, 3.63) is 39.6 Å². The molecule has 0 fully saturated rings. The second-order valence-electron chi connectivity index (χ2n) is 6.78. The number of nitro groups is 1. The first kappa shape index (κ1) is 16.0. The van der Waals surface area contributed by atoms with Gasteiger partial charge in [-0.2, -0.15) is 0 Å². The smallest absolute Gasteiger partial charge is 0.397 e. The molecule has 0 saturated carbocycles. The van der Waals surface area contributed by atoms with Crippen LogP contribution in [0.5, 0.6) is 0 Å². The van der Waals surface area contributed by atoms with Gasteiger partial charge in [-0.25, -0.2) is 14.6 Å². The van der Waals surface area contributed by atoms with E-state index >= 15 is 0 Å². The van der Waals surface area contributed by atoms with Crippen molar-refractivity contribution in [1.82, 2.24) is 14.6 Å². The van der Waals surface area contributed by atoms with E-state index in [4.69, 9.17) is 4.42 Å². The maximum absolute atomic E-state index is 10.9. The Bertz CT molecular complexity index is 933. The van der Waals surface area contributed by atoms with Crippen LogP contribution < -0.4 is 5.43 Å². The van der Waals surface area contributed by atoms with Crippen molar-refractivity contribution in [2.45, 2.75) is 40.2 Å². The molecule has 0 radical (unpaired) electrons. The van der Waals surface area contributed by atoms with Gasteiger partial charge in [-0.15, -0.1) is 0 Å². The van der Waals surface area contributed by atoms with Crippen LogP contribution in [0.2, 0.25) is 0 Å². The van der Waals surface area contributed by atoms with Crippen LogP contribution in [0.1, 0.15) is 32.0 Å². The Morgan fingerprint density at radius 3 is 2.54 bits per heavy atom. The fourth-order valence-corrected chi connectivity index (χ4v) is 2.51. The zero-order valence-corrected chi connectivity index (χ0v) is 14.2. The van der Waals surface area contributed by atoms with Crippen molar-refractivity contribution in [1.29, 1.82) is 0 Å². The summed E-state index contributed by atoms with van der Waals surface area (Å²) in [5, 5.41) is 10.9. The highest BCUT2D eigenvalue weighted by Crippen LogP contribution is 2.29. The second kappa shape index (κ2) is 5.33. The van der Waals surface area contributed by atoms with E-state index in [1.165, 1.54) is 6.07 Å². The van der Waals surface area contributed by atoms with Gasteiger partial charge in [0, 0.05) is 11.2 Å². The summed E-state index contributed by atoms with van der Waals surface area (Å²) < 4.78 is 7.07. The van der Waals surface area contributed by atoms with E-state index in [1.807, 2.05) is 40.7 Å². The van der Waals surface area contributed by atoms with Crippen LogP contribution in [0.25, 0.3) is 22.7 Å². The standard InChI is InChI=1S/C16H19N5O3/c1-9-8-10(2)17-15-13(9)18-14(20(15)19-16(3,4)5)11-6-7-12(24-11)21(22)23/h6-8,19H,1-5H3. The molecule has 0 aliphatic heterocycles. The van der Waals surface area contributed by atoms with Crippen molar-refractivity contribution >= 4 is 17.0 Å². The molecule has 0 aliphatic rings. The van der Waals surface area contributed by atoms with Gasteiger partial charge in [0.1, 0.15) is 10.4 Å². The summed E-state index contributed by atoms with van der Waals surface area (Å²) in [4.78, 5) is 19.5. The molecule has 0 unspecified atom stereocenters. The Morgan fingerprint density at radius 1 is 1.25 bits per heavy atom. The lowest BCUT2D eigenvalue weighted by molar-refractivity contribution is -0.401. The van der Waals surface area contributed by atoms with Gasteiger partial charge < -0.3 is 9.84 Å². The monoisotopic (exact) mass is 329 g/mol. The minimum atomic E-state index is -0.568. The molecule has 0 atom stereocenters. The van der Waals surface area contributed by atoms with Gasteiger partial charge >= 0.3 is 5.88 Å². The van der Waals surface area contributed by atoms with E-state index in [2.05, 4.69) is 15.4 Å². The summed E-state index contributed by atoms with van der Waals surface area (Å²) in [6.07, 6.45) is 0. The third-order valence-corrected chi connectivity index (χ3v) is 3.37. The summed E-state index contributed by atoms with van der Waals surface area (Å²) in [5.41, 5.74) is 6.30. The summed E-state index contributed by atoms with van der Waals surface area (Å²) in [5.74, 6) is 0.447. The lowest BCUT2D eigenvalue weighted by Gasteiger charge is -2.23. The van der Waals surface area contributed by atoms with Gasteiger partial charge in [0.25, 0.3) is 0 Å². The van der Waals surface area contributed by atoms with Gasteiger partial charge in [-0.3, -0.25) is 10.1 Å². The van der Waals surface area contributed by atoms with Crippen LogP contribution in [0.3, 0.4) is 0 Å². The Morgan fingerprint density at radius 2 is 1.96 bits per heavy atom. The zero-order chi connectivity index (χ0) is 17.6. The van der Waals surface area contributed by atoms with Crippen molar-refractivity contribution in [2.24, 2.45) is 0 Å². The predicted molar refractivity (Wildman–Crippen MR) is 90.5 cm³/mol. The third-order valence-electron chi connectivity index (χ3n) is 3.37. The molecule has 3 rings (SSSR count). The number of pyridine rings is 1. The van der Waals surface area contributed by atoms with E-state index in [9.17, 15) is 10.1 Å². The van der Waals surface area contributed by atoms with E-state index in [0.717, 1.165) is 16.8 Å². The fraction of sp³-hybridized carbons (Fsp3) is 0.375. The lowest BCUT2D eigenvalue weighted by atomic mass is 10.1. The van der Waals surface area contributed by atoms with E-state index in [0.29, 0.717) is 17.2 Å². The number of furan rings is 1. The summed E-state index contributed by atoms with van der Waals surface area (Å²) in [6, 6.07) is 4.81. The van der Waals surface area contributed by atoms with E-state index < -0.39 is 4.92 Å². The van der Waals surface area contributed by atoms with Crippen molar-refractivity contribution in [2.75, 3.05) is 5.43 Å². The molecule has 1 N–H and O–H groups in total. The molecule has 3 aromatic rings. The summed E-state index contributed by atoms with van der Waals surface area (Å²) in [7, 11) is 0. The molecule has 126 valence electrons. The molecule has 8 nitrogen and oxygen atoms in total. The SMILES string of the molecule is Cc1cc(C)c2nc(-c3ccc([N+](=O)[O-])o3)n(NC(C)(C)C)c2n1. The number of aryl methyl sites for hydroxylation is 2. The topological polar surface area (TPSA) is 99.0 Å². The molecule has 3 heterocycles. The first-order chi connectivity index (χ1) is 11.2. The molecule has 3 aromatic heterocycles. The second-order valence-corrected chi connectivity index (χ2v) is 6.78. The number of rotatable bonds is 3. The zero-order valence-electron chi connectivity index (χ0n) is 14.2. The van der Waals surface area contributed by atoms with Gasteiger partial charge in [-0.05, 0) is 52.3 Å². The maximum Gasteiger partial charge on any atom is 0.433 e. The molecule has 8 heteroatoms. The fourth-order valence-electron chi connectivity index (χ4n) is 2.51. The highest BCUT2D eigenvalue weighted by Gasteiger charge is 2.23. The number of aromatic nitrogens is 3. The highest BCUT2D eigenvalue weighted by atomic mass is 16.6. The van der Waals surface area contributed by atoms with E-state index in [1.54, 1.807) is 10.7 Å². The average molecular weight is 329 g/mol. The molecule has 0 aliphatic carbocycles. The quantitative estimate of drug-likeness (QED) is 0.582. The summed E-state index contributed by atoms with van der Waals surface area (Å²) >= 11 is 0. The molecule has 0 aromatic carbocycles. The highest BCUT2D eigenvalue weighted by molar-refractivity contribution is 5.80. The number of nitrogens with zero attached hydrogens (tertiary/aromatic N) is 4. The number of fused-ring (bicyclic) bond motifs is 1. The van der Waals surface area contributed by atoms with Crippen molar-refractivity contribution in [3.8, 4) is 11.6 Å². The Hall–Kier alpha value is -2.90. The predicted octanol–water partition coefficient (Wildman–Crippen LogP) is 3.56. The first-order valence-electron chi connectivity index (χ1n) is 7.55. The van der Waals surface area contributed by atoms with Crippen LogP contribution >= 0.6 is 0 Å². The molecular weight excluding hydrogens is 310 g/mol. The van der Waals surface area contributed by atoms with Gasteiger partial charge in [0.05, 0.1) is 6.07 Å². The molecule has 0 amide bonds. The average Bonchev–Trinajstić information content (AvgIpc) is 3.03. The first-order valence-corrected chi connectivity index (χ1v) is 7.55. The Kier molecular flexibility index (Phi) is 3.55. The number of imidazole rings is 1. The molecule has 0 bridgehead atoms. The Balaban J connectivity index is 2.27. The molecule has 0 saturated heterocycles.